The summed E-state index contributed by atoms with van der Waals surface area (Å²) < 4.78 is 0. The zero-order valence-corrected chi connectivity index (χ0v) is 13.5. The van der Waals surface area contributed by atoms with Crippen molar-refractivity contribution in [3.63, 3.8) is 0 Å². The fraction of sp³-hybridized carbons (Fsp3) is 0.500. The third kappa shape index (κ3) is 3.87. The summed E-state index contributed by atoms with van der Waals surface area (Å²) in [6.45, 7) is 9.58. The van der Waals surface area contributed by atoms with Crippen LogP contribution in [0.15, 0.2) is 16.8 Å². The van der Waals surface area contributed by atoms with Crippen LogP contribution in [0.1, 0.15) is 37.2 Å². The monoisotopic (exact) mass is 289 g/mol. The topological polar surface area (TPSA) is 37.8 Å². The Balaban J connectivity index is 2.07. The minimum atomic E-state index is 0.550. The normalized spacial score (nSPS) is 11.2. The molecule has 0 aliphatic rings. The van der Waals surface area contributed by atoms with Gasteiger partial charge in [0.2, 0.25) is 0 Å². The third-order valence-corrected chi connectivity index (χ3v) is 4.04. The maximum atomic E-state index is 4.67. The van der Waals surface area contributed by atoms with E-state index in [0.717, 1.165) is 42.2 Å². The molecule has 1 N–H and O–H groups in total. The molecule has 0 saturated heterocycles. The summed E-state index contributed by atoms with van der Waals surface area (Å²) in [5.74, 6) is 0.852. The molecule has 0 spiro atoms. The number of thiophene rings is 1. The molecule has 0 radical (unpaired) electrons. The third-order valence-electron chi connectivity index (χ3n) is 3.36. The van der Waals surface area contributed by atoms with Crippen molar-refractivity contribution in [2.45, 2.75) is 46.6 Å². The van der Waals surface area contributed by atoms with Crippen molar-refractivity contribution in [3.05, 3.63) is 33.8 Å². The van der Waals surface area contributed by atoms with Gasteiger partial charge in [-0.3, -0.25) is 0 Å². The molecule has 0 unspecified atom stereocenters. The van der Waals surface area contributed by atoms with Crippen LogP contribution in [-0.4, -0.2) is 22.6 Å². The molecular formula is C16H23N3S. The van der Waals surface area contributed by atoms with Gasteiger partial charge in [-0.15, -0.1) is 0 Å². The van der Waals surface area contributed by atoms with Crippen molar-refractivity contribution in [2.75, 3.05) is 6.54 Å². The molecule has 2 rings (SSSR count). The van der Waals surface area contributed by atoms with Gasteiger partial charge in [-0.1, -0.05) is 13.8 Å². The highest BCUT2D eigenvalue weighted by Gasteiger charge is 2.10. The molecule has 2 heterocycles. The average molecular weight is 289 g/mol. The standard InChI is InChI=1S/C16H23N3S/c1-11(2)17-8-5-6-15-12(3)18-16(19-13(15)4)14-7-9-20-10-14/h7,9-11,17H,5-6,8H2,1-4H3. The maximum absolute atomic E-state index is 4.67. The second kappa shape index (κ2) is 6.95. The van der Waals surface area contributed by atoms with Crippen molar-refractivity contribution in [1.82, 2.24) is 15.3 Å². The van der Waals surface area contributed by atoms with Crippen LogP contribution < -0.4 is 5.32 Å². The Bertz CT molecular complexity index is 524. The van der Waals surface area contributed by atoms with Gasteiger partial charge >= 0.3 is 0 Å². The molecule has 0 amide bonds. The van der Waals surface area contributed by atoms with Crippen molar-refractivity contribution < 1.29 is 0 Å². The number of hydrogen-bond acceptors (Lipinski definition) is 4. The van der Waals surface area contributed by atoms with E-state index in [2.05, 4.69) is 59.8 Å². The average Bonchev–Trinajstić information content (AvgIpc) is 2.90. The van der Waals surface area contributed by atoms with Crippen molar-refractivity contribution in [2.24, 2.45) is 0 Å². The molecule has 2 aromatic rings. The largest absolute Gasteiger partial charge is 0.315 e. The van der Waals surface area contributed by atoms with Crippen LogP contribution in [0.2, 0.25) is 0 Å². The quantitative estimate of drug-likeness (QED) is 0.823. The molecule has 4 heteroatoms. The Morgan fingerprint density at radius 2 is 1.90 bits per heavy atom. The summed E-state index contributed by atoms with van der Waals surface area (Å²) in [4.78, 5) is 9.33. The molecule has 0 fully saturated rings. The summed E-state index contributed by atoms with van der Waals surface area (Å²) >= 11 is 1.68. The highest BCUT2D eigenvalue weighted by atomic mass is 32.1. The van der Waals surface area contributed by atoms with Crippen LogP contribution in [0.4, 0.5) is 0 Å². The first kappa shape index (κ1) is 15.1. The Morgan fingerprint density at radius 1 is 1.20 bits per heavy atom. The van der Waals surface area contributed by atoms with Crippen LogP contribution in [0.25, 0.3) is 11.4 Å². The highest BCUT2D eigenvalue weighted by Crippen LogP contribution is 2.21. The first-order valence-corrected chi connectivity index (χ1v) is 8.12. The molecule has 0 atom stereocenters. The van der Waals surface area contributed by atoms with Crippen molar-refractivity contribution in [1.29, 1.82) is 0 Å². The minimum absolute atomic E-state index is 0.550. The van der Waals surface area contributed by atoms with Crippen LogP contribution in [0, 0.1) is 13.8 Å². The molecule has 2 aromatic heterocycles. The van der Waals surface area contributed by atoms with Crippen molar-refractivity contribution >= 4 is 11.3 Å². The summed E-state index contributed by atoms with van der Waals surface area (Å²) in [6.07, 6.45) is 2.17. The number of nitrogens with one attached hydrogen (secondary N) is 1. The van der Waals surface area contributed by atoms with Crippen LogP contribution in [-0.2, 0) is 6.42 Å². The van der Waals surface area contributed by atoms with E-state index >= 15 is 0 Å². The number of nitrogens with zero attached hydrogens (tertiary/aromatic N) is 2. The van der Waals surface area contributed by atoms with E-state index in [9.17, 15) is 0 Å². The van der Waals surface area contributed by atoms with E-state index in [1.54, 1.807) is 11.3 Å². The van der Waals surface area contributed by atoms with Gasteiger partial charge in [0.05, 0.1) is 0 Å². The molecule has 0 aliphatic carbocycles. The zero-order valence-electron chi connectivity index (χ0n) is 12.7. The van der Waals surface area contributed by atoms with Gasteiger partial charge < -0.3 is 5.32 Å². The van der Waals surface area contributed by atoms with Gasteiger partial charge in [0.15, 0.2) is 5.82 Å². The smallest absolute Gasteiger partial charge is 0.160 e. The van der Waals surface area contributed by atoms with Crippen LogP contribution >= 0.6 is 11.3 Å². The number of aryl methyl sites for hydroxylation is 2. The lowest BCUT2D eigenvalue weighted by Gasteiger charge is -2.12. The van der Waals surface area contributed by atoms with Crippen LogP contribution in [0.5, 0.6) is 0 Å². The van der Waals surface area contributed by atoms with E-state index in [-0.39, 0.29) is 0 Å². The van der Waals surface area contributed by atoms with E-state index < -0.39 is 0 Å². The molecule has 3 nitrogen and oxygen atoms in total. The van der Waals surface area contributed by atoms with E-state index in [1.165, 1.54) is 5.56 Å². The summed E-state index contributed by atoms with van der Waals surface area (Å²) in [5, 5.41) is 7.61. The molecule has 0 aliphatic heterocycles. The van der Waals surface area contributed by atoms with E-state index in [0.29, 0.717) is 6.04 Å². The van der Waals surface area contributed by atoms with Gasteiger partial charge in [-0.2, -0.15) is 11.3 Å². The van der Waals surface area contributed by atoms with E-state index in [1.807, 2.05) is 0 Å². The van der Waals surface area contributed by atoms with E-state index in [4.69, 9.17) is 0 Å². The number of aromatic nitrogens is 2. The molecular weight excluding hydrogens is 266 g/mol. The van der Waals surface area contributed by atoms with Gasteiger partial charge in [-0.05, 0) is 50.2 Å². The summed E-state index contributed by atoms with van der Waals surface area (Å²) in [7, 11) is 0. The predicted molar refractivity (Wildman–Crippen MR) is 86.3 cm³/mol. The van der Waals surface area contributed by atoms with Gasteiger partial charge in [-0.25, -0.2) is 9.97 Å². The summed E-state index contributed by atoms with van der Waals surface area (Å²) in [6, 6.07) is 2.62. The molecule has 20 heavy (non-hydrogen) atoms. The lowest BCUT2D eigenvalue weighted by atomic mass is 10.1. The van der Waals surface area contributed by atoms with Gasteiger partial charge in [0.25, 0.3) is 0 Å². The second-order valence-electron chi connectivity index (χ2n) is 5.42. The summed E-state index contributed by atoms with van der Waals surface area (Å²) in [5.41, 5.74) is 4.65. The zero-order chi connectivity index (χ0) is 14.5. The minimum Gasteiger partial charge on any atom is -0.315 e. The molecule has 0 bridgehead atoms. The highest BCUT2D eigenvalue weighted by molar-refractivity contribution is 7.08. The first-order chi connectivity index (χ1) is 9.58. The lowest BCUT2D eigenvalue weighted by molar-refractivity contribution is 0.569. The molecule has 0 saturated carbocycles. The fourth-order valence-corrected chi connectivity index (χ4v) is 2.91. The van der Waals surface area contributed by atoms with Crippen LogP contribution in [0.3, 0.4) is 0 Å². The number of rotatable bonds is 6. The number of hydrogen-bond donors (Lipinski definition) is 1. The Hall–Kier alpha value is -1.26. The maximum Gasteiger partial charge on any atom is 0.160 e. The predicted octanol–water partition coefficient (Wildman–Crippen LogP) is 3.75. The van der Waals surface area contributed by atoms with Gasteiger partial charge in [0, 0.05) is 28.4 Å². The Kier molecular flexibility index (Phi) is 5.26. The fourth-order valence-electron chi connectivity index (χ4n) is 2.28. The molecule has 108 valence electrons. The molecule has 0 aromatic carbocycles. The van der Waals surface area contributed by atoms with Gasteiger partial charge in [0.1, 0.15) is 0 Å². The Morgan fingerprint density at radius 3 is 2.45 bits per heavy atom. The Labute approximate surface area is 125 Å². The van der Waals surface area contributed by atoms with Crippen molar-refractivity contribution in [3.8, 4) is 11.4 Å². The first-order valence-electron chi connectivity index (χ1n) is 7.18. The lowest BCUT2D eigenvalue weighted by Crippen LogP contribution is -2.24. The second-order valence-corrected chi connectivity index (χ2v) is 6.20. The SMILES string of the molecule is Cc1nc(-c2ccsc2)nc(C)c1CCCNC(C)C.